The van der Waals surface area contributed by atoms with Gasteiger partial charge in [0.05, 0.1) is 5.57 Å². The SMILES string of the molecule is CC(CCC(=O)O)NC(=O)C1=Cc2ccccc2OC1. The molecule has 5 heteroatoms. The molecule has 20 heavy (non-hydrogen) atoms. The van der Waals surface area contributed by atoms with Crippen molar-refractivity contribution in [3.63, 3.8) is 0 Å². The van der Waals surface area contributed by atoms with Crippen LogP contribution < -0.4 is 10.1 Å². The highest BCUT2D eigenvalue weighted by Crippen LogP contribution is 2.25. The van der Waals surface area contributed by atoms with Crippen molar-refractivity contribution in [2.75, 3.05) is 6.61 Å². The molecule has 0 spiro atoms. The van der Waals surface area contributed by atoms with Crippen LogP contribution in [-0.2, 0) is 9.59 Å². The second-order valence-electron chi connectivity index (χ2n) is 4.80. The van der Waals surface area contributed by atoms with Gasteiger partial charge >= 0.3 is 5.97 Å². The van der Waals surface area contributed by atoms with Gasteiger partial charge in [0.2, 0.25) is 0 Å². The Morgan fingerprint density at radius 2 is 2.15 bits per heavy atom. The standard InChI is InChI=1S/C15H17NO4/c1-10(6-7-14(17)18)16-15(19)12-8-11-4-2-3-5-13(11)20-9-12/h2-5,8,10H,6-7,9H2,1H3,(H,16,19)(H,17,18). The number of para-hydroxylation sites is 1. The molecule has 2 rings (SSSR count). The summed E-state index contributed by atoms with van der Waals surface area (Å²) in [4.78, 5) is 22.5. The van der Waals surface area contributed by atoms with E-state index < -0.39 is 5.97 Å². The molecule has 1 aliphatic rings. The zero-order valence-electron chi connectivity index (χ0n) is 11.3. The highest BCUT2D eigenvalue weighted by molar-refractivity contribution is 5.99. The molecular formula is C15H17NO4. The Hall–Kier alpha value is -2.30. The van der Waals surface area contributed by atoms with Crippen molar-refractivity contribution in [3.8, 4) is 5.75 Å². The number of benzene rings is 1. The lowest BCUT2D eigenvalue weighted by atomic mass is 10.1. The predicted octanol–water partition coefficient (Wildman–Crippen LogP) is 1.83. The molecule has 0 aliphatic carbocycles. The van der Waals surface area contributed by atoms with Gasteiger partial charge < -0.3 is 15.2 Å². The molecule has 1 heterocycles. The number of carboxylic acids is 1. The Balaban J connectivity index is 1.97. The molecule has 0 aromatic heterocycles. The summed E-state index contributed by atoms with van der Waals surface area (Å²) in [5.74, 6) is -0.305. The van der Waals surface area contributed by atoms with E-state index in [-0.39, 0.29) is 25.0 Å². The van der Waals surface area contributed by atoms with Gasteiger partial charge in [0.25, 0.3) is 5.91 Å². The molecule has 0 fully saturated rings. The summed E-state index contributed by atoms with van der Waals surface area (Å²) in [6.45, 7) is 2.02. The summed E-state index contributed by atoms with van der Waals surface area (Å²) in [5.41, 5.74) is 1.42. The molecule has 1 unspecified atom stereocenters. The van der Waals surface area contributed by atoms with Crippen molar-refractivity contribution in [2.24, 2.45) is 0 Å². The maximum atomic E-state index is 12.1. The van der Waals surface area contributed by atoms with E-state index in [2.05, 4.69) is 5.32 Å². The number of ether oxygens (including phenoxy) is 1. The largest absolute Gasteiger partial charge is 0.488 e. The number of carbonyl (C=O) groups excluding carboxylic acids is 1. The van der Waals surface area contributed by atoms with Crippen LogP contribution in [0.1, 0.15) is 25.3 Å². The molecule has 0 saturated heterocycles. The van der Waals surface area contributed by atoms with Crippen LogP contribution in [0, 0.1) is 0 Å². The maximum absolute atomic E-state index is 12.1. The predicted molar refractivity (Wildman–Crippen MR) is 74.4 cm³/mol. The molecule has 2 N–H and O–H groups in total. The van der Waals surface area contributed by atoms with E-state index in [1.165, 1.54) is 0 Å². The number of hydrogen-bond acceptors (Lipinski definition) is 3. The Morgan fingerprint density at radius 1 is 1.40 bits per heavy atom. The zero-order chi connectivity index (χ0) is 14.5. The molecule has 0 saturated carbocycles. The molecule has 1 aliphatic heterocycles. The summed E-state index contributed by atoms with van der Waals surface area (Å²) < 4.78 is 5.51. The van der Waals surface area contributed by atoms with Crippen LogP contribution in [0.15, 0.2) is 29.8 Å². The monoisotopic (exact) mass is 275 g/mol. The minimum Gasteiger partial charge on any atom is -0.488 e. The van der Waals surface area contributed by atoms with Crippen LogP contribution in [-0.4, -0.2) is 29.6 Å². The lowest BCUT2D eigenvalue weighted by Gasteiger charge is -2.19. The van der Waals surface area contributed by atoms with E-state index in [9.17, 15) is 9.59 Å². The lowest BCUT2D eigenvalue weighted by Crippen LogP contribution is -2.35. The highest BCUT2D eigenvalue weighted by atomic mass is 16.5. The molecule has 1 amide bonds. The zero-order valence-corrected chi connectivity index (χ0v) is 11.3. The minimum absolute atomic E-state index is 0.0415. The maximum Gasteiger partial charge on any atom is 0.303 e. The minimum atomic E-state index is -0.861. The van der Waals surface area contributed by atoms with E-state index in [4.69, 9.17) is 9.84 Å². The first kappa shape index (κ1) is 14.1. The molecule has 5 nitrogen and oxygen atoms in total. The molecule has 0 bridgehead atoms. The first-order valence-electron chi connectivity index (χ1n) is 6.51. The van der Waals surface area contributed by atoms with Gasteiger partial charge in [0.15, 0.2) is 0 Å². The van der Waals surface area contributed by atoms with Crippen LogP contribution in [0.4, 0.5) is 0 Å². The Labute approximate surface area is 117 Å². The number of amides is 1. The fourth-order valence-corrected chi connectivity index (χ4v) is 1.98. The second-order valence-corrected chi connectivity index (χ2v) is 4.80. The van der Waals surface area contributed by atoms with Gasteiger partial charge in [-0.25, -0.2) is 0 Å². The van der Waals surface area contributed by atoms with Gasteiger partial charge in [-0.3, -0.25) is 9.59 Å². The van der Waals surface area contributed by atoms with Crippen molar-refractivity contribution in [3.05, 3.63) is 35.4 Å². The van der Waals surface area contributed by atoms with Gasteiger partial charge in [-0.15, -0.1) is 0 Å². The Morgan fingerprint density at radius 3 is 2.90 bits per heavy atom. The number of rotatable bonds is 5. The van der Waals surface area contributed by atoms with Gasteiger partial charge in [0.1, 0.15) is 12.4 Å². The number of carbonyl (C=O) groups is 2. The smallest absolute Gasteiger partial charge is 0.303 e. The Bertz CT molecular complexity index is 551. The van der Waals surface area contributed by atoms with Crippen molar-refractivity contribution in [1.29, 1.82) is 0 Å². The molecular weight excluding hydrogens is 258 g/mol. The lowest BCUT2D eigenvalue weighted by molar-refractivity contribution is -0.137. The molecule has 0 radical (unpaired) electrons. The molecule has 1 atom stereocenters. The number of aliphatic carboxylic acids is 1. The number of fused-ring (bicyclic) bond motifs is 1. The molecule has 106 valence electrons. The summed E-state index contributed by atoms with van der Waals surface area (Å²) in [6, 6.07) is 7.32. The van der Waals surface area contributed by atoms with Crippen molar-refractivity contribution in [1.82, 2.24) is 5.32 Å². The van der Waals surface area contributed by atoms with Crippen molar-refractivity contribution >= 4 is 18.0 Å². The normalized spacial score (nSPS) is 14.6. The van der Waals surface area contributed by atoms with E-state index in [1.807, 2.05) is 24.3 Å². The quantitative estimate of drug-likeness (QED) is 0.859. The first-order valence-corrected chi connectivity index (χ1v) is 6.51. The summed E-state index contributed by atoms with van der Waals surface area (Å²) in [7, 11) is 0. The van der Waals surface area contributed by atoms with Gasteiger partial charge in [-0.05, 0) is 25.5 Å². The van der Waals surface area contributed by atoms with Crippen molar-refractivity contribution < 1.29 is 19.4 Å². The molecule has 1 aromatic rings. The van der Waals surface area contributed by atoms with Gasteiger partial charge in [0, 0.05) is 18.0 Å². The fourth-order valence-electron chi connectivity index (χ4n) is 1.98. The average molecular weight is 275 g/mol. The number of nitrogens with one attached hydrogen (secondary N) is 1. The third-order valence-corrected chi connectivity index (χ3v) is 3.09. The van der Waals surface area contributed by atoms with Gasteiger partial charge in [-0.1, -0.05) is 18.2 Å². The number of hydrogen-bond donors (Lipinski definition) is 2. The van der Waals surface area contributed by atoms with Crippen LogP contribution in [0.25, 0.3) is 6.08 Å². The highest BCUT2D eigenvalue weighted by Gasteiger charge is 2.18. The van der Waals surface area contributed by atoms with Gasteiger partial charge in [-0.2, -0.15) is 0 Å². The summed E-state index contributed by atoms with van der Waals surface area (Å²) in [6.07, 6.45) is 2.25. The third-order valence-electron chi connectivity index (χ3n) is 3.09. The van der Waals surface area contributed by atoms with E-state index in [0.29, 0.717) is 12.0 Å². The topological polar surface area (TPSA) is 75.6 Å². The number of carboxylic acid groups (broad SMARTS) is 1. The summed E-state index contributed by atoms with van der Waals surface area (Å²) in [5, 5.41) is 11.4. The average Bonchev–Trinajstić information content (AvgIpc) is 2.44. The first-order chi connectivity index (χ1) is 9.56. The van der Waals surface area contributed by atoms with Crippen molar-refractivity contribution in [2.45, 2.75) is 25.8 Å². The van der Waals surface area contributed by atoms with Crippen LogP contribution in [0.3, 0.4) is 0 Å². The van der Waals surface area contributed by atoms with Crippen LogP contribution >= 0.6 is 0 Å². The van der Waals surface area contributed by atoms with Crippen LogP contribution in [0.2, 0.25) is 0 Å². The second kappa shape index (κ2) is 6.23. The molecule has 1 aromatic carbocycles. The van der Waals surface area contributed by atoms with E-state index in [1.54, 1.807) is 13.0 Å². The Kier molecular flexibility index (Phi) is 4.40. The fraction of sp³-hybridized carbons (Fsp3) is 0.333. The van der Waals surface area contributed by atoms with E-state index >= 15 is 0 Å². The van der Waals surface area contributed by atoms with Crippen LogP contribution in [0.5, 0.6) is 5.75 Å². The summed E-state index contributed by atoms with van der Waals surface area (Å²) >= 11 is 0. The third kappa shape index (κ3) is 3.60. The van der Waals surface area contributed by atoms with E-state index in [0.717, 1.165) is 11.3 Å².